The zero-order valence-electron chi connectivity index (χ0n) is 15.7. The maximum absolute atomic E-state index is 5.19. The van der Waals surface area contributed by atoms with Crippen molar-refractivity contribution in [2.45, 2.75) is 19.4 Å². The summed E-state index contributed by atoms with van der Waals surface area (Å²) in [6.45, 7) is 5.13. The SMILES string of the molecule is COc1ccc(CCNCCN[C@@H](C)c2cccc3ccccc23)cc1. The minimum atomic E-state index is 0.337. The lowest BCUT2D eigenvalue weighted by Gasteiger charge is -2.17. The van der Waals surface area contributed by atoms with E-state index in [2.05, 4.69) is 72.2 Å². The van der Waals surface area contributed by atoms with Gasteiger partial charge in [-0.25, -0.2) is 0 Å². The minimum absolute atomic E-state index is 0.337. The first-order valence-electron chi connectivity index (χ1n) is 9.32. The van der Waals surface area contributed by atoms with Crippen LogP contribution in [0.4, 0.5) is 0 Å². The Bertz CT molecular complexity index is 809. The van der Waals surface area contributed by atoms with Gasteiger partial charge in [-0.15, -0.1) is 0 Å². The second-order valence-electron chi connectivity index (χ2n) is 6.59. The summed E-state index contributed by atoms with van der Waals surface area (Å²) in [6, 6.07) is 23.7. The Balaban J connectivity index is 1.40. The zero-order chi connectivity index (χ0) is 18.2. The molecule has 0 aliphatic rings. The van der Waals surface area contributed by atoms with Crippen LogP contribution in [0.3, 0.4) is 0 Å². The molecule has 3 aromatic carbocycles. The lowest BCUT2D eigenvalue weighted by molar-refractivity contribution is 0.414. The standard InChI is InChI=1S/C23H28N2O/c1-18(22-9-5-7-20-6-3-4-8-23(20)22)25-17-16-24-15-14-19-10-12-21(26-2)13-11-19/h3-13,18,24-25H,14-17H2,1-2H3/t18-/m0/s1. The highest BCUT2D eigenvalue weighted by atomic mass is 16.5. The van der Waals surface area contributed by atoms with Crippen LogP contribution in [-0.2, 0) is 6.42 Å². The van der Waals surface area contributed by atoms with E-state index >= 15 is 0 Å². The van der Waals surface area contributed by atoms with Gasteiger partial charge in [0.2, 0.25) is 0 Å². The maximum Gasteiger partial charge on any atom is 0.118 e. The number of fused-ring (bicyclic) bond motifs is 1. The molecular formula is C23H28N2O. The third-order valence-electron chi connectivity index (χ3n) is 4.79. The third kappa shape index (κ3) is 4.84. The quantitative estimate of drug-likeness (QED) is 0.565. The molecule has 0 amide bonds. The van der Waals surface area contributed by atoms with Crippen molar-refractivity contribution in [2.75, 3.05) is 26.7 Å². The Kier molecular flexibility index (Phi) is 6.64. The molecule has 0 saturated carbocycles. The smallest absolute Gasteiger partial charge is 0.118 e. The number of ether oxygens (including phenoxy) is 1. The second kappa shape index (κ2) is 9.37. The first kappa shape index (κ1) is 18.4. The molecule has 0 bridgehead atoms. The molecule has 0 radical (unpaired) electrons. The molecule has 0 heterocycles. The summed E-state index contributed by atoms with van der Waals surface area (Å²) in [7, 11) is 1.70. The van der Waals surface area contributed by atoms with Crippen LogP contribution in [0.1, 0.15) is 24.1 Å². The molecule has 0 aliphatic heterocycles. The molecule has 1 atom stereocenters. The minimum Gasteiger partial charge on any atom is -0.497 e. The van der Waals surface area contributed by atoms with Crippen LogP contribution in [-0.4, -0.2) is 26.7 Å². The molecule has 0 unspecified atom stereocenters. The summed E-state index contributed by atoms with van der Waals surface area (Å²) in [5.74, 6) is 0.910. The number of benzene rings is 3. The van der Waals surface area contributed by atoms with E-state index in [0.717, 1.165) is 31.8 Å². The lowest BCUT2D eigenvalue weighted by atomic mass is 10.00. The van der Waals surface area contributed by atoms with E-state index in [1.54, 1.807) is 7.11 Å². The summed E-state index contributed by atoms with van der Waals surface area (Å²) in [6.07, 6.45) is 1.03. The van der Waals surface area contributed by atoms with Gasteiger partial charge in [-0.05, 0) is 53.9 Å². The molecule has 0 fully saturated rings. The number of hydrogen-bond donors (Lipinski definition) is 2. The molecule has 3 heteroatoms. The van der Waals surface area contributed by atoms with Crippen molar-refractivity contribution in [3.63, 3.8) is 0 Å². The van der Waals surface area contributed by atoms with Crippen molar-refractivity contribution in [2.24, 2.45) is 0 Å². The molecule has 0 saturated heterocycles. The fourth-order valence-corrected chi connectivity index (χ4v) is 3.27. The number of rotatable bonds is 9. The van der Waals surface area contributed by atoms with Crippen molar-refractivity contribution in [1.82, 2.24) is 10.6 Å². The first-order chi connectivity index (χ1) is 12.8. The van der Waals surface area contributed by atoms with Crippen LogP contribution in [0.2, 0.25) is 0 Å². The molecule has 2 N–H and O–H groups in total. The zero-order valence-corrected chi connectivity index (χ0v) is 15.7. The Labute approximate surface area is 156 Å². The second-order valence-corrected chi connectivity index (χ2v) is 6.59. The summed E-state index contributed by atoms with van der Waals surface area (Å²) < 4.78 is 5.19. The molecule has 0 aromatic heterocycles. The highest BCUT2D eigenvalue weighted by Crippen LogP contribution is 2.23. The average Bonchev–Trinajstić information content (AvgIpc) is 2.70. The molecule has 136 valence electrons. The van der Waals surface area contributed by atoms with E-state index in [9.17, 15) is 0 Å². The fraction of sp³-hybridized carbons (Fsp3) is 0.304. The van der Waals surface area contributed by atoms with E-state index < -0.39 is 0 Å². The molecule has 0 aliphatic carbocycles. The van der Waals surface area contributed by atoms with Gasteiger partial charge in [0.05, 0.1) is 7.11 Å². The third-order valence-corrected chi connectivity index (χ3v) is 4.79. The molecular weight excluding hydrogens is 320 g/mol. The van der Waals surface area contributed by atoms with Crippen molar-refractivity contribution >= 4 is 10.8 Å². The summed E-state index contributed by atoms with van der Waals surface area (Å²) in [4.78, 5) is 0. The van der Waals surface area contributed by atoms with E-state index in [-0.39, 0.29) is 0 Å². The summed E-state index contributed by atoms with van der Waals surface area (Å²) >= 11 is 0. The van der Waals surface area contributed by atoms with Gasteiger partial charge in [0, 0.05) is 19.1 Å². The van der Waals surface area contributed by atoms with Crippen molar-refractivity contribution in [1.29, 1.82) is 0 Å². The van der Waals surface area contributed by atoms with E-state index in [1.165, 1.54) is 21.9 Å². The Morgan fingerprint density at radius 3 is 2.42 bits per heavy atom. The highest BCUT2D eigenvalue weighted by Gasteiger charge is 2.07. The maximum atomic E-state index is 5.19. The lowest BCUT2D eigenvalue weighted by Crippen LogP contribution is -2.30. The van der Waals surface area contributed by atoms with Crippen molar-refractivity contribution in [3.05, 3.63) is 77.9 Å². The average molecular weight is 348 g/mol. The Hall–Kier alpha value is -2.36. The van der Waals surface area contributed by atoms with E-state index in [0.29, 0.717) is 6.04 Å². The predicted molar refractivity (Wildman–Crippen MR) is 110 cm³/mol. The van der Waals surface area contributed by atoms with Crippen molar-refractivity contribution < 1.29 is 4.74 Å². The van der Waals surface area contributed by atoms with Gasteiger partial charge in [0.1, 0.15) is 5.75 Å². The van der Waals surface area contributed by atoms with Crippen LogP contribution in [0.25, 0.3) is 10.8 Å². The van der Waals surface area contributed by atoms with Crippen LogP contribution < -0.4 is 15.4 Å². The van der Waals surface area contributed by atoms with Gasteiger partial charge < -0.3 is 15.4 Å². The van der Waals surface area contributed by atoms with Crippen LogP contribution >= 0.6 is 0 Å². The number of nitrogens with one attached hydrogen (secondary N) is 2. The van der Waals surface area contributed by atoms with E-state index in [4.69, 9.17) is 4.74 Å². The largest absolute Gasteiger partial charge is 0.497 e. The van der Waals surface area contributed by atoms with E-state index in [1.807, 2.05) is 12.1 Å². The normalized spacial score (nSPS) is 12.2. The molecule has 3 aromatic rings. The highest BCUT2D eigenvalue weighted by molar-refractivity contribution is 5.86. The van der Waals surface area contributed by atoms with Crippen LogP contribution in [0, 0.1) is 0 Å². The fourth-order valence-electron chi connectivity index (χ4n) is 3.27. The van der Waals surface area contributed by atoms with Gasteiger partial charge in [0.15, 0.2) is 0 Å². The van der Waals surface area contributed by atoms with Crippen molar-refractivity contribution in [3.8, 4) is 5.75 Å². The van der Waals surface area contributed by atoms with Gasteiger partial charge in [-0.1, -0.05) is 54.6 Å². The number of hydrogen-bond acceptors (Lipinski definition) is 3. The summed E-state index contributed by atoms with van der Waals surface area (Å²) in [5.41, 5.74) is 2.69. The monoisotopic (exact) mass is 348 g/mol. The van der Waals surface area contributed by atoms with Gasteiger partial charge >= 0.3 is 0 Å². The van der Waals surface area contributed by atoms with Gasteiger partial charge in [-0.3, -0.25) is 0 Å². The van der Waals surface area contributed by atoms with Gasteiger partial charge in [-0.2, -0.15) is 0 Å². The Morgan fingerprint density at radius 2 is 1.62 bits per heavy atom. The number of methoxy groups -OCH3 is 1. The van der Waals surface area contributed by atoms with Crippen LogP contribution in [0.15, 0.2) is 66.7 Å². The summed E-state index contributed by atoms with van der Waals surface area (Å²) in [5, 5.41) is 9.78. The topological polar surface area (TPSA) is 33.3 Å². The molecule has 3 nitrogen and oxygen atoms in total. The molecule has 0 spiro atoms. The Morgan fingerprint density at radius 1 is 0.846 bits per heavy atom. The molecule has 26 heavy (non-hydrogen) atoms. The predicted octanol–water partition coefficient (Wildman–Crippen LogP) is 4.33. The first-order valence-corrected chi connectivity index (χ1v) is 9.32. The van der Waals surface area contributed by atoms with Gasteiger partial charge in [0.25, 0.3) is 0 Å². The van der Waals surface area contributed by atoms with Crippen LogP contribution in [0.5, 0.6) is 5.75 Å². The molecule has 3 rings (SSSR count).